The summed E-state index contributed by atoms with van der Waals surface area (Å²) >= 11 is 0. The Morgan fingerprint density at radius 2 is 0.708 bits per heavy atom. The maximum absolute atomic E-state index is 5.70. The third-order valence-corrected chi connectivity index (χ3v) is 13.4. The van der Waals surface area contributed by atoms with Crippen LogP contribution in [0.15, 0.2) is 115 Å². The molecule has 11 rings (SSSR count). The fraction of sp³-hybridized carbons (Fsp3) is 0.188. The predicted octanol–water partition coefficient (Wildman–Crippen LogP) is 13.5. The molecule has 0 unspecified atom stereocenters. The normalized spacial score (nSPS) is 12.0. The molecule has 0 saturated heterocycles. The Bertz CT molecular complexity index is 4170. The maximum atomic E-state index is 5.70. The lowest BCUT2D eigenvalue weighted by molar-refractivity contribution is 0.590. The average Bonchev–Trinajstić information content (AvgIpc) is 4.10. The zero-order valence-corrected chi connectivity index (χ0v) is 41.8. The van der Waals surface area contributed by atoms with Crippen LogP contribution < -0.4 is 0 Å². The molecule has 2 N–H and O–H groups in total. The Hall–Kier alpha value is -9.08. The molecule has 0 atom stereocenters. The zero-order valence-electron chi connectivity index (χ0n) is 41.8. The summed E-state index contributed by atoms with van der Waals surface area (Å²) in [7, 11) is 0. The van der Waals surface area contributed by atoms with Crippen LogP contribution in [-0.4, -0.2) is 39.9 Å². The molecule has 2 aliphatic rings. The molecule has 0 aliphatic carbocycles. The van der Waals surface area contributed by atoms with E-state index in [0.717, 1.165) is 66.1 Å². The van der Waals surface area contributed by atoms with Gasteiger partial charge in [-0.1, -0.05) is 134 Å². The van der Waals surface area contributed by atoms with Crippen molar-refractivity contribution in [1.29, 1.82) is 0 Å². The predicted molar refractivity (Wildman–Crippen MR) is 293 cm³/mol. The second-order valence-corrected chi connectivity index (χ2v) is 21.5. The molecule has 0 amide bonds. The molecule has 0 saturated carbocycles. The number of hydrogen-bond donors (Lipinski definition) is 2. The Kier molecular flexibility index (Phi) is 10.6. The van der Waals surface area contributed by atoms with Gasteiger partial charge in [0.25, 0.3) is 0 Å². The highest BCUT2D eigenvalue weighted by molar-refractivity contribution is 6.07. The summed E-state index contributed by atoms with van der Waals surface area (Å²) in [6, 6.07) is 38.7. The summed E-state index contributed by atoms with van der Waals surface area (Å²) in [5.74, 6) is 21.1. The zero-order chi connectivity index (χ0) is 50.3. The van der Waals surface area contributed by atoms with Crippen LogP contribution >= 0.6 is 0 Å². The quantitative estimate of drug-likeness (QED) is 0.147. The summed E-state index contributed by atoms with van der Waals surface area (Å²) < 4.78 is 0. The van der Waals surface area contributed by atoms with Crippen molar-refractivity contribution >= 4 is 44.1 Å². The van der Waals surface area contributed by atoms with Crippen LogP contribution in [0.1, 0.15) is 112 Å². The lowest BCUT2D eigenvalue weighted by atomic mass is 9.85. The summed E-state index contributed by atoms with van der Waals surface area (Å²) in [4.78, 5) is 39.6. The van der Waals surface area contributed by atoms with Gasteiger partial charge in [0, 0.05) is 77.2 Å². The van der Waals surface area contributed by atoms with E-state index in [1.807, 2.05) is 60.7 Å². The number of benzene rings is 6. The average molecular weight is 931 g/mol. The maximum Gasteiger partial charge on any atom is 0.166 e. The second-order valence-electron chi connectivity index (χ2n) is 21.5. The van der Waals surface area contributed by atoms with Gasteiger partial charge < -0.3 is 9.97 Å². The van der Waals surface area contributed by atoms with Gasteiger partial charge in [0.05, 0.1) is 0 Å². The van der Waals surface area contributed by atoms with E-state index in [-0.39, 0.29) is 16.2 Å². The lowest BCUT2D eigenvalue weighted by Crippen LogP contribution is -2.10. The molecule has 5 heterocycles. The van der Waals surface area contributed by atoms with Gasteiger partial charge in [-0.05, 0) is 112 Å². The van der Waals surface area contributed by atoms with Crippen molar-refractivity contribution in [3.63, 3.8) is 0 Å². The summed E-state index contributed by atoms with van der Waals surface area (Å²) in [6.45, 7) is 19.9. The molecule has 8 nitrogen and oxygen atoms in total. The SMILES string of the molecule is C#Cc1ccc(C#Cc2ccc(C#Cc3ccc(C#C)cc3)c3c2-c2nc-3nc3[nH]c(nc4nc(nc5[nH]c(n2)c2ccc(C(C)(C)C)cc52)-c2ccc(C(C)(C)C)cc2-4)c2ccc(C(C)(C)C)cc32)cc1. The minimum absolute atomic E-state index is 0.123. The summed E-state index contributed by atoms with van der Waals surface area (Å²) in [5.41, 5.74) is 13.2. The van der Waals surface area contributed by atoms with Gasteiger partial charge in [0.15, 0.2) is 23.3 Å². The van der Waals surface area contributed by atoms with E-state index in [2.05, 4.69) is 162 Å². The number of hydrogen-bond acceptors (Lipinski definition) is 6. The molecule has 2 aliphatic heterocycles. The highest BCUT2D eigenvalue weighted by Gasteiger charge is 2.28. The number of aromatic nitrogens is 8. The largest absolute Gasteiger partial charge is 0.324 e. The van der Waals surface area contributed by atoms with Gasteiger partial charge in [-0.3, -0.25) is 0 Å². The fourth-order valence-electron chi connectivity index (χ4n) is 9.11. The minimum atomic E-state index is -0.156. The van der Waals surface area contributed by atoms with Crippen molar-refractivity contribution in [2.45, 2.75) is 78.6 Å². The number of rotatable bonds is 0. The molecule has 0 fully saturated rings. The van der Waals surface area contributed by atoms with E-state index in [1.54, 1.807) is 0 Å². The summed E-state index contributed by atoms with van der Waals surface area (Å²) in [6.07, 6.45) is 11.4. The van der Waals surface area contributed by atoms with E-state index >= 15 is 0 Å². The molecule has 9 aromatic rings. The molecule has 8 bridgehead atoms. The van der Waals surface area contributed by atoms with Gasteiger partial charge >= 0.3 is 0 Å². The van der Waals surface area contributed by atoms with Crippen molar-refractivity contribution in [2.24, 2.45) is 0 Å². The van der Waals surface area contributed by atoms with Gasteiger partial charge in [-0.2, -0.15) is 0 Å². The van der Waals surface area contributed by atoms with Crippen molar-refractivity contribution in [1.82, 2.24) is 39.9 Å². The smallest absolute Gasteiger partial charge is 0.166 e. The molecular formula is C64H50N8. The first-order valence-corrected chi connectivity index (χ1v) is 24.0. The molecular weight excluding hydrogens is 881 g/mol. The molecule has 6 aromatic carbocycles. The van der Waals surface area contributed by atoms with Gasteiger partial charge in [0.2, 0.25) is 0 Å². The number of H-pyrrole nitrogens is 2. The van der Waals surface area contributed by atoms with Crippen LogP contribution in [0.25, 0.3) is 89.7 Å². The monoisotopic (exact) mass is 930 g/mol. The van der Waals surface area contributed by atoms with Gasteiger partial charge in [0.1, 0.15) is 22.6 Å². The lowest BCUT2D eigenvalue weighted by Gasteiger charge is -2.19. The van der Waals surface area contributed by atoms with Crippen molar-refractivity contribution < 1.29 is 0 Å². The van der Waals surface area contributed by atoms with Crippen molar-refractivity contribution in [3.8, 4) is 93.9 Å². The van der Waals surface area contributed by atoms with E-state index < -0.39 is 0 Å². The third-order valence-electron chi connectivity index (χ3n) is 13.4. The van der Waals surface area contributed by atoms with Crippen LogP contribution in [0.5, 0.6) is 0 Å². The summed E-state index contributed by atoms with van der Waals surface area (Å²) in [5, 5.41) is 3.55. The molecule has 3 aromatic heterocycles. The van der Waals surface area contributed by atoms with Crippen LogP contribution in [0.4, 0.5) is 0 Å². The topological polar surface area (TPSA) is 109 Å². The van der Waals surface area contributed by atoms with E-state index in [9.17, 15) is 0 Å². The van der Waals surface area contributed by atoms with Gasteiger partial charge in [-0.25, -0.2) is 29.9 Å². The van der Waals surface area contributed by atoms with Crippen LogP contribution in [0.2, 0.25) is 0 Å². The van der Waals surface area contributed by atoms with Crippen LogP contribution in [0, 0.1) is 48.4 Å². The van der Waals surface area contributed by atoms with Crippen LogP contribution in [0.3, 0.4) is 0 Å². The van der Waals surface area contributed by atoms with E-state index in [0.29, 0.717) is 68.1 Å². The number of aromatic amines is 2. The third kappa shape index (κ3) is 8.24. The molecule has 0 radical (unpaired) electrons. The van der Waals surface area contributed by atoms with E-state index in [1.165, 1.54) is 5.56 Å². The minimum Gasteiger partial charge on any atom is -0.324 e. The molecule has 8 heteroatoms. The first kappa shape index (κ1) is 45.4. The van der Waals surface area contributed by atoms with Gasteiger partial charge in [-0.15, -0.1) is 12.8 Å². The first-order chi connectivity index (χ1) is 34.4. The Morgan fingerprint density at radius 3 is 1.14 bits per heavy atom. The van der Waals surface area contributed by atoms with Crippen molar-refractivity contribution in [2.75, 3.05) is 0 Å². The Labute approximate surface area is 419 Å². The molecule has 72 heavy (non-hydrogen) atoms. The highest BCUT2D eigenvalue weighted by atomic mass is 15.1. The number of nitrogens with one attached hydrogen (secondary N) is 2. The standard InChI is InChI=1S/C64H50N8/c1-12-37-14-18-39(19-15-37)22-24-41-26-27-42(25-23-40-20-16-38(13-2)17-21-40)53-52(41)60-70-56-48-33-30-44(63(6,7)8)35-50(48)58(69-56)66-54-46-31-28-43(62(3,4)5)34-49(46)57(65-54)67-55-47-32-29-45(64(9,10)11)36-51(47)59(68-55)71-61(53)72-60/h1-2,14-21,26-36H,3-11H3,(H2,65,66,67,68,69,70,71,72). The Morgan fingerprint density at radius 1 is 0.347 bits per heavy atom. The highest BCUT2D eigenvalue weighted by Crippen LogP contribution is 2.42. The van der Waals surface area contributed by atoms with Crippen LogP contribution in [-0.2, 0) is 16.2 Å². The molecule has 0 spiro atoms. The Balaban J connectivity index is 1.30. The second kappa shape index (κ2) is 16.8. The first-order valence-electron chi connectivity index (χ1n) is 24.0. The number of fused-ring (bicyclic) bond motifs is 20. The van der Waals surface area contributed by atoms with E-state index in [4.69, 9.17) is 42.8 Å². The molecule has 346 valence electrons. The fourth-order valence-corrected chi connectivity index (χ4v) is 9.11. The number of nitrogens with zero attached hydrogens (tertiary/aromatic N) is 6. The van der Waals surface area contributed by atoms with Crippen molar-refractivity contribution in [3.05, 3.63) is 165 Å². The number of terminal acetylenes is 2.